The van der Waals surface area contributed by atoms with Crippen LogP contribution in [0.5, 0.6) is 11.5 Å². The second-order valence-corrected chi connectivity index (χ2v) is 2.36. The summed E-state index contributed by atoms with van der Waals surface area (Å²) in [6, 6.07) is 3.09. The molecule has 1 aromatic rings. The van der Waals surface area contributed by atoms with Crippen molar-refractivity contribution in [3.63, 3.8) is 0 Å². The van der Waals surface area contributed by atoms with E-state index in [1.807, 2.05) is 0 Å². The van der Waals surface area contributed by atoms with E-state index in [0.717, 1.165) is 25.3 Å². The number of rotatable bonds is 1. The Hall–Kier alpha value is -1.39. The number of benzene rings is 1. The summed E-state index contributed by atoms with van der Waals surface area (Å²) in [5, 5.41) is 9.03. The minimum Gasteiger partial charge on any atom is -0.504 e. The lowest BCUT2D eigenvalue weighted by Gasteiger charge is -2.12. The molecule has 0 saturated heterocycles. The van der Waals surface area contributed by atoms with Crippen molar-refractivity contribution in [1.82, 2.24) is 0 Å². The van der Waals surface area contributed by atoms with Gasteiger partial charge in [-0.05, 0) is 12.1 Å². The van der Waals surface area contributed by atoms with Gasteiger partial charge in [0.15, 0.2) is 11.5 Å². The smallest absolute Gasteiger partial charge is 0.420 e. The fourth-order valence-electron chi connectivity index (χ4n) is 0.963. The number of alkyl halides is 3. The molecule has 0 bridgehead atoms. The first-order chi connectivity index (χ1) is 5.96. The van der Waals surface area contributed by atoms with Crippen molar-refractivity contribution in [3.8, 4) is 11.5 Å². The normalized spacial score (nSPS) is 11.4. The van der Waals surface area contributed by atoms with Crippen molar-refractivity contribution in [2.24, 2.45) is 0 Å². The van der Waals surface area contributed by atoms with Gasteiger partial charge in [-0.15, -0.1) is 0 Å². The van der Waals surface area contributed by atoms with Gasteiger partial charge in [-0.3, -0.25) is 0 Å². The Morgan fingerprint density at radius 1 is 1.31 bits per heavy atom. The first-order valence-corrected chi connectivity index (χ1v) is 3.40. The summed E-state index contributed by atoms with van der Waals surface area (Å²) in [6.07, 6.45) is -4.51. The molecule has 0 radical (unpaired) electrons. The first-order valence-electron chi connectivity index (χ1n) is 3.40. The maximum atomic E-state index is 12.2. The molecule has 0 aromatic heterocycles. The maximum Gasteiger partial charge on any atom is 0.420 e. The summed E-state index contributed by atoms with van der Waals surface area (Å²) >= 11 is 0. The molecule has 5 heteroatoms. The van der Waals surface area contributed by atoms with Gasteiger partial charge in [-0.1, -0.05) is 6.07 Å². The van der Waals surface area contributed by atoms with Crippen LogP contribution in [0.1, 0.15) is 5.56 Å². The van der Waals surface area contributed by atoms with Gasteiger partial charge >= 0.3 is 6.18 Å². The lowest BCUT2D eigenvalue weighted by Crippen LogP contribution is -2.07. The molecule has 0 amide bonds. The molecule has 13 heavy (non-hydrogen) atoms. The van der Waals surface area contributed by atoms with Crippen LogP contribution in [0, 0.1) is 0 Å². The lowest BCUT2D eigenvalue weighted by molar-refractivity contribution is -0.138. The molecule has 0 atom stereocenters. The van der Waals surface area contributed by atoms with E-state index in [9.17, 15) is 13.2 Å². The molecular formula is C8H7F3O2. The van der Waals surface area contributed by atoms with Crippen LogP contribution >= 0.6 is 0 Å². The number of methoxy groups -OCH3 is 1. The quantitative estimate of drug-likeness (QED) is 0.740. The van der Waals surface area contributed by atoms with Gasteiger partial charge in [0.05, 0.1) is 7.11 Å². The van der Waals surface area contributed by atoms with E-state index in [-0.39, 0.29) is 0 Å². The molecule has 0 aliphatic rings. The van der Waals surface area contributed by atoms with Gasteiger partial charge in [0.2, 0.25) is 0 Å². The first kappa shape index (κ1) is 9.70. The molecule has 0 spiro atoms. The number of phenols is 1. The number of hydrogen-bond acceptors (Lipinski definition) is 2. The number of ether oxygens (including phenoxy) is 1. The van der Waals surface area contributed by atoms with Gasteiger partial charge in [-0.25, -0.2) is 0 Å². The van der Waals surface area contributed by atoms with Crippen molar-refractivity contribution in [2.45, 2.75) is 6.18 Å². The molecule has 2 nitrogen and oxygen atoms in total. The second kappa shape index (κ2) is 3.16. The average Bonchev–Trinajstić information content (AvgIpc) is 2.02. The van der Waals surface area contributed by atoms with Gasteiger partial charge in [0.25, 0.3) is 0 Å². The van der Waals surface area contributed by atoms with Crippen LogP contribution in [-0.4, -0.2) is 12.2 Å². The topological polar surface area (TPSA) is 29.5 Å². The zero-order valence-electron chi connectivity index (χ0n) is 6.72. The minimum atomic E-state index is -4.51. The molecule has 72 valence electrons. The highest BCUT2D eigenvalue weighted by Crippen LogP contribution is 2.40. The summed E-state index contributed by atoms with van der Waals surface area (Å²) in [5.41, 5.74) is -0.977. The predicted molar refractivity (Wildman–Crippen MR) is 39.7 cm³/mol. The monoisotopic (exact) mass is 192 g/mol. The van der Waals surface area contributed by atoms with E-state index in [4.69, 9.17) is 5.11 Å². The number of para-hydroxylation sites is 1. The van der Waals surface area contributed by atoms with Crippen molar-refractivity contribution in [2.75, 3.05) is 7.11 Å². The Kier molecular flexibility index (Phi) is 2.36. The van der Waals surface area contributed by atoms with E-state index >= 15 is 0 Å². The molecular weight excluding hydrogens is 185 g/mol. The molecule has 0 aliphatic carbocycles. The van der Waals surface area contributed by atoms with E-state index in [1.54, 1.807) is 0 Å². The van der Waals surface area contributed by atoms with Crippen molar-refractivity contribution < 1.29 is 23.0 Å². The lowest BCUT2D eigenvalue weighted by atomic mass is 10.2. The van der Waals surface area contributed by atoms with E-state index in [2.05, 4.69) is 4.74 Å². The highest BCUT2D eigenvalue weighted by molar-refractivity contribution is 5.46. The predicted octanol–water partition coefficient (Wildman–Crippen LogP) is 2.42. The molecule has 1 rings (SSSR count). The number of halogens is 3. The fourth-order valence-corrected chi connectivity index (χ4v) is 0.963. The van der Waals surface area contributed by atoms with Crippen LogP contribution in [0.3, 0.4) is 0 Å². The fraction of sp³-hybridized carbons (Fsp3) is 0.250. The molecule has 0 unspecified atom stereocenters. The Morgan fingerprint density at radius 3 is 2.31 bits per heavy atom. The summed E-state index contributed by atoms with van der Waals surface area (Å²) in [6.45, 7) is 0. The molecule has 1 N–H and O–H groups in total. The average molecular weight is 192 g/mol. The largest absolute Gasteiger partial charge is 0.504 e. The van der Waals surface area contributed by atoms with Gasteiger partial charge < -0.3 is 9.84 Å². The molecule has 0 aliphatic heterocycles. The van der Waals surface area contributed by atoms with Crippen LogP contribution in [-0.2, 0) is 6.18 Å². The third-order valence-corrected chi connectivity index (χ3v) is 1.50. The second-order valence-electron chi connectivity index (χ2n) is 2.36. The number of phenolic OH excluding ortho intramolecular Hbond substituents is 1. The Labute approximate surface area is 72.6 Å². The minimum absolute atomic E-state index is 0.516. The van der Waals surface area contributed by atoms with E-state index < -0.39 is 23.2 Å². The summed E-state index contributed by atoms with van der Waals surface area (Å²) in [7, 11) is 1.07. The molecule has 1 aromatic carbocycles. The summed E-state index contributed by atoms with van der Waals surface area (Å²) in [5.74, 6) is -1.06. The van der Waals surface area contributed by atoms with E-state index in [0.29, 0.717) is 0 Å². The van der Waals surface area contributed by atoms with E-state index in [1.165, 1.54) is 0 Å². The molecule has 0 saturated carbocycles. The molecule has 0 heterocycles. The van der Waals surface area contributed by atoms with Gasteiger partial charge in [0, 0.05) is 0 Å². The Balaban J connectivity index is 3.29. The number of hydrogen-bond donors (Lipinski definition) is 1. The maximum absolute atomic E-state index is 12.2. The third kappa shape index (κ3) is 1.85. The van der Waals surface area contributed by atoms with Crippen molar-refractivity contribution in [1.29, 1.82) is 0 Å². The SMILES string of the molecule is COc1c(O)cccc1C(F)(F)F. The Morgan fingerprint density at radius 2 is 1.92 bits per heavy atom. The standard InChI is InChI=1S/C8H7F3O2/c1-13-7-5(8(9,10)11)3-2-4-6(7)12/h2-4,12H,1H3. The van der Waals surface area contributed by atoms with Crippen LogP contribution in [0.2, 0.25) is 0 Å². The van der Waals surface area contributed by atoms with Crippen LogP contribution in [0.25, 0.3) is 0 Å². The van der Waals surface area contributed by atoms with Crippen LogP contribution in [0.4, 0.5) is 13.2 Å². The van der Waals surface area contributed by atoms with Crippen LogP contribution < -0.4 is 4.74 Å². The van der Waals surface area contributed by atoms with Crippen molar-refractivity contribution in [3.05, 3.63) is 23.8 Å². The zero-order valence-corrected chi connectivity index (χ0v) is 6.72. The summed E-state index contributed by atoms with van der Waals surface area (Å²) in [4.78, 5) is 0. The zero-order chi connectivity index (χ0) is 10.1. The highest BCUT2D eigenvalue weighted by atomic mass is 19.4. The summed E-state index contributed by atoms with van der Waals surface area (Å²) < 4.78 is 41.1. The van der Waals surface area contributed by atoms with Gasteiger partial charge in [0.1, 0.15) is 5.56 Å². The van der Waals surface area contributed by atoms with Crippen molar-refractivity contribution >= 4 is 0 Å². The third-order valence-electron chi connectivity index (χ3n) is 1.50. The van der Waals surface area contributed by atoms with Crippen LogP contribution in [0.15, 0.2) is 18.2 Å². The Bertz CT molecular complexity index is 307. The number of aromatic hydroxyl groups is 1. The highest BCUT2D eigenvalue weighted by Gasteiger charge is 2.35. The van der Waals surface area contributed by atoms with Gasteiger partial charge in [-0.2, -0.15) is 13.2 Å². The molecule has 0 fully saturated rings.